The van der Waals surface area contributed by atoms with E-state index in [0.717, 1.165) is 109 Å². The molecule has 5 aliphatic rings. The van der Waals surface area contributed by atoms with E-state index in [1.807, 2.05) is 4.90 Å². The summed E-state index contributed by atoms with van der Waals surface area (Å²) in [6, 6.07) is 16.5. The van der Waals surface area contributed by atoms with E-state index in [-0.39, 0.29) is 29.9 Å². The molecule has 272 valence electrons. The minimum atomic E-state index is -0.463. The number of nitrogens with zero attached hydrogens (tertiary/aromatic N) is 4. The molecule has 0 amide bonds. The molecule has 4 atom stereocenters. The lowest BCUT2D eigenvalue weighted by atomic mass is 9.68. The van der Waals surface area contributed by atoms with E-state index in [1.165, 1.54) is 32.1 Å². The first-order chi connectivity index (χ1) is 25.5. The fourth-order valence-corrected chi connectivity index (χ4v) is 10.5. The van der Waals surface area contributed by atoms with Crippen LogP contribution in [-0.4, -0.2) is 46.1 Å². The van der Waals surface area contributed by atoms with Crippen molar-refractivity contribution in [2.24, 2.45) is 5.41 Å². The summed E-state index contributed by atoms with van der Waals surface area (Å²) >= 11 is 0. The monoisotopic (exact) mass is 704 g/mol. The summed E-state index contributed by atoms with van der Waals surface area (Å²) in [6.45, 7) is 3.46. The van der Waals surface area contributed by atoms with Crippen LogP contribution in [0.1, 0.15) is 130 Å². The number of fused-ring (bicyclic) bond motifs is 2. The van der Waals surface area contributed by atoms with Crippen molar-refractivity contribution < 1.29 is 8.78 Å². The fraction of sp³-hybridized carbons (Fsp3) is 0.524. The Morgan fingerprint density at radius 3 is 1.65 bits per heavy atom. The molecule has 10 rings (SSSR count). The van der Waals surface area contributed by atoms with E-state index < -0.39 is 11.6 Å². The van der Waals surface area contributed by atoms with Gasteiger partial charge in [0.1, 0.15) is 17.3 Å². The van der Waals surface area contributed by atoms with E-state index in [1.54, 1.807) is 12.1 Å². The quantitative estimate of drug-likeness (QED) is 0.141. The molecule has 10 heteroatoms. The van der Waals surface area contributed by atoms with Crippen LogP contribution in [0.4, 0.5) is 20.2 Å². The lowest BCUT2D eigenvalue weighted by Gasteiger charge is -2.45. The number of imidazole rings is 2. The lowest BCUT2D eigenvalue weighted by Crippen LogP contribution is -2.41. The van der Waals surface area contributed by atoms with Crippen LogP contribution < -0.4 is 20.4 Å². The molecule has 1 saturated carbocycles. The van der Waals surface area contributed by atoms with Gasteiger partial charge in [-0.25, -0.2) is 18.7 Å². The second kappa shape index (κ2) is 13.1. The number of aromatic amines is 2. The predicted molar refractivity (Wildman–Crippen MR) is 203 cm³/mol. The highest BCUT2D eigenvalue weighted by molar-refractivity contribution is 5.78. The number of H-pyrrole nitrogens is 2. The number of halogens is 2. The standard InChI is InChI=1S/C42H50F2N8/c43-29-24-28(25-30(44)39(29)51-20-16-42(17-21-51)14-2-1-3-15-42)52-37(26-8-10-31-35(22-26)49-40(47-31)33-6-4-18-45-33)12-13-38(52)27-9-11-32-36(23-27)50-41(48-32)34-7-5-19-46-34/h8-11,22-25,33-34,37-38,45-46H,1-7,12-21H2,(H,47,49)(H,48,50)/t33-,34-,37+,38+/m0/s1. The number of hydrogen-bond acceptors (Lipinski definition) is 6. The second-order valence-corrected chi connectivity index (χ2v) is 16.4. The first-order valence-electron chi connectivity index (χ1n) is 20.0. The zero-order valence-corrected chi connectivity index (χ0v) is 30.0. The molecule has 0 radical (unpaired) electrons. The number of piperidine rings is 1. The SMILES string of the molecule is Fc1cc(N2[C@@H](c3ccc4nc([C@@H]5CCCN5)[nH]c4c3)CC[C@@H]2c2ccc3nc([C@@H]4CCCN4)[nH]c3c2)cc(F)c1N1CCC2(CCCCC2)CC1. The van der Waals surface area contributed by atoms with Gasteiger partial charge in [0.2, 0.25) is 0 Å². The normalized spacial score (nSPS) is 26.4. The molecule has 5 fully saturated rings. The van der Waals surface area contributed by atoms with E-state index in [4.69, 9.17) is 9.97 Å². The summed E-state index contributed by atoms with van der Waals surface area (Å²) in [5.41, 5.74) is 7.25. The van der Waals surface area contributed by atoms with Crippen LogP contribution in [0.5, 0.6) is 0 Å². The maximum atomic E-state index is 16.4. The Labute approximate surface area is 304 Å². The average molecular weight is 705 g/mol. The summed E-state index contributed by atoms with van der Waals surface area (Å²) < 4.78 is 32.8. The molecule has 5 aromatic rings. The number of rotatable bonds is 6. The van der Waals surface area contributed by atoms with Gasteiger partial charge >= 0.3 is 0 Å². The molecule has 8 nitrogen and oxygen atoms in total. The van der Waals surface area contributed by atoms with Crippen molar-refractivity contribution >= 4 is 33.4 Å². The molecular weight excluding hydrogens is 655 g/mol. The molecule has 2 aromatic heterocycles. The molecule has 4 N–H and O–H groups in total. The number of benzene rings is 3. The molecule has 0 unspecified atom stereocenters. The maximum absolute atomic E-state index is 16.4. The Balaban J connectivity index is 1.00. The fourth-order valence-electron chi connectivity index (χ4n) is 10.5. The van der Waals surface area contributed by atoms with Crippen molar-refractivity contribution in [1.82, 2.24) is 30.6 Å². The van der Waals surface area contributed by atoms with Gasteiger partial charge in [-0.05, 0) is 130 Å². The van der Waals surface area contributed by atoms with Crippen LogP contribution in [0.3, 0.4) is 0 Å². The number of aromatic nitrogens is 4. The third-order valence-corrected chi connectivity index (χ3v) is 13.3. The largest absolute Gasteiger partial charge is 0.367 e. The molecule has 0 bridgehead atoms. The summed E-state index contributed by atoms with van der Waals surface area (Å²) in [6.07, 6.45) is 14.6. The van der Waals surface area contributed by atoms with Gasteiger partial charge in [0.15, 0.2) is 11.6 Å². The Morgan fingerprint density at radius 2 is 1.15 bits per heavy atom. The van der Waals surface area contributed by atoms with Crippen molar-refractivity contribution in [3.05, 3.63) is 82.9 Å². The van der Waals surface area contributed by atoms with Crippen molar-refractivity contribution in [1.29, 1.82) is 0 Å². The van der Waals surface area contributed by atoms with Gasteiger partial charge in [0.25, 0.3) is 0 Å². The first-order valence-corrected chi connectivity index (χ1v) is 20.0. The predicted octanol–water partition coefficient (Wildman–Crippen LogP) is 9.20. The Morgan fingerprint density at radius 1 is 0.615 bits per heavy atom. The van der Waals surface area contributed by atoms with Crippen LogP contribution in [0, 0.1) is 17.0 Å². The molecule has 52 heavy (non-hydrogen) atoms. The average Bonchev–Trinajstić information content (AvgIpc) is 4.01. The van der Waals surface area contributed by atoms with E-state index in [0.29, 0.717) is 24.2 Å². The molecule has 4 saturated heterocycles. The third-order valence-electron chi connectivity index (χ3n) is 13.3. The highest BCUT2D eigenvalue weighted by Gasteiger charge is 2.39. The highest BCUT2D eigenvalue weighted by atomic mass is 19.1. The first kappa shape index (κ1) is 32.6. The highest BCUT2D eigenvalue weighted by Crippen LogP contribution is 2.50. The number of nitrogens with one attached hydrogen (secondary N) is 4. The van der Waals surface area contributed by atoms with Gasteiger partial charge in [-0.2, -0.15) is 0 Å². The van der Waals surface area contributed by atoms with Crippen molar-refractivity contribution in [3.63, 3.8) is 0 Å². The Hall–Kier alpha value is -4.02. The maximum Gasteiger partial charge on any atom is 0.151 e. The van der Waals surface area contributed by atoms with Crippen LogP contribution in [0.25, 0.3) is 22.1 Å². The van der Waals surface area contributed by atoms with Gasteiger partial charge in [0, 0.05) is 18.8 Å². The topological polar surface area (TPSA) is 87.9 Å². The lowest BCUT2D eigenvalue weighted by molar-refractivity contribution is 0.144. The van der Waals surface area contributed by atoms with Crippen LogP contribution in [0.2, 0.25) is 0 Å². The zero-order valence-electron chi connectivity index (χ0n) is 30.0. The minimum Gasteiger partial charge on any atom is -0.367 e. The zero-order chi connectivity index (χ0) is 34.8. The Kier molecular flexibility index (Phi) is 8.23. The van der Waals surface area contributed by atoms with Crippen molar-refractivity contribution in [3.8, 4) is 0 Å². The van der Waals surface area contributed by atoms with Gasteiger partial charge in [-0.3, -0.25) is 0 Å². The number of anilines is 2. The molecule has 4 aliphatic heterocycles. The Bertz CT molecular complexity index is 1950. The van der Waals surface area contributed by atoms with E-state index in [2.05, 4.69) is 61.9 Å². The van der Waals surface area contributed by atoms with Crippen LogP contribution in [-0.2, 0) is 0 Å². The molecule has 3 aromatic carbocycles. The molecule has 6 heterocycles. The summed E-state index contributed by atoms with van der Waals surface area (Å²) in [5.74, 6) is 1.04. The van der Waals surface area contributed by atoms with Gasteiger partial charge < -0.3 is 30.4 Å². The minimum absolute atomic E-state index is 0.0627. The summed E-state index contributed by atoms with van der Waals surface area (Å²) in [4.78, 5) is 21.3. The summed E-state index contributed by atoms with van der Waals surface area (Å²) in [7, 11) is 0. The van der Waals surface area contributed by atoms with Gasteiger partial charge in [-0.15, -0.1) is 0 Å². The molecular formula is C42H50F2N8. The summed E-state index contributed by atoms with van der Waals surface area (Å²) in [5, 5.41) is 7.11. The van der Waals surface area contributed by atoms with Crippen LogP contribution >= 0.6 is 0 Å². The van der Waals surface area contributed by atoms with Crippen LogP contribution in [0.15, 0.2) is 48.5 Å². The second-order valence-electron chi connectivity index (χ2n) is 16.4. The van der Waals surface area contributed by atoms with Gasteiger partial charge in [0.05, 0.1) is 46.2 Å². The molecule has 1 aliphatic carbocycles. The van der Waals surface area contributed by atoms with Gasteiger partial charge in [-0.1, -0.05) is 31.4 Å². The smallest absolute Gasteiger partial charge is 0.151 e. The van der Waals surface area contributed by atoms with Crippen molar-refractivity contribution in [2.75, 3.05) is 36.0 Å². The number of hydrogen-bond donors (Lipinski definition) is 4. The van der Waals surface area contributed by atoms with E-state index >= 15 is 8.78 Å². The van der Waals surface area contributed by atoms with E-state index in [9.17, 15) is 0 Å². The van der Waals surface area contributed by atoms with Crippen molar-refractivity contribution in [2.45, 2.75) is 108 Å². The molecule has 1 spiro atoms. The third kappa shape index (κ3) is 5.77.